The van der Waals surface area contributed by atoms with Gasteiger partial charge in [-0.25, -0.2) is 0 Å². The van der Waals surface area contributed by atoms with Gasteiger partial charge in [0.1, 0.15) is 13.6 Å². The molecule has 0 aliphatic rings. The fourth-order valence-electron chi connectivity index (χ4n) is 1.69. The summed E-state index contributed by atoms with van der Waals surface area (Å²) in [5.74, 6) is 0.0610. The number of phenols is 1. The van der Waals surface area contributed by atoms with Crippen LogP contribution in [-0.2, 0) is 0 Å². The first kappa shape index (κ1) is 13.7. The van der Waals surface area contributed by atoms with Gasteiger partial charge in [0.25, 0.3) is 0 Å². The number of aliphatic imine (C=N–C) groups is 1. The summed E-state index contributed by atoms with van der Waals surface area (Å²) in [6.07, 6.45) is 4.76. The van der Waals surface area contributed by atoms with Crippen LogP contribution >= 0.6 is 0 Å². The smallest absolute Gasteiger partial charge is 0.144 e. The van der Waals surface area contributed by atoms with Gasteiger partial charge >= 0.3 is 0 Å². The average molecular weight is 261 g/mol. The molecule has 0 bridgehead atoms. The third kappa shape index (κ3) is 2.83. The minimum absolute atomic E-state index is 0.0610. The van der Waals surface area contributed by atoms with Crippen molar-refractivity contribution in [3.05, 3.63) is 49.1 Å². The van der Waals surface area contributed by atoms with Crippen LogP contribution < -0.4 is 5.59 Å². The second-order valence-electron chi connectivity index (χ2n) is 3.99. The van der Waals surface area contributed by atoms with Gasteiger partial charge in [0.15, 0.2) is 0 Å². The van der Waals surface area contributed by atoms with Gasteiger partial charge in [0.05, 0.1) is 11.4 Å². The zero-order valence-corrected chi connectivity index (χ0v) is 10.8. The van der Waals surface area contributed by atoms with E-state index in [-0.39, 0.29) is 5.75 Å². The van der Waals surface area contributed by atoms with E-state index in [4.69, 9.17) is 7.85 Å². The summed E-state index contributed by atoms with van der Waals surface area (Å²) in [6.45, 7) is 7.30. The van der Waals surface area contributed by atoms with E-state index in [9.17, 15) is 5.11 Å². The zero-order valence-electron chi connectivity index (χ0n) is 10.8. The molecule has 0 fully saturated rings. The van der Waals surface area contributed by atoms with Gasteiger partial charge in [-0.1, -0.05) is 25.3 Å². The summed E-state index contributed by atoms with van der Waals surface area (Å²) in [7, 11) is 5.50. The number of phenolic OH excluding ortho intramolecular Hbond substituents is 1. The first-order chi connectivity index (χ1) is 9.65. The Morgan fingerprint density at radius 2 is 2.00 bits per heavy atom. The summed E-state index contributed by atoms with van der Waals surface area (Å²) in [5.41, 5.74) is 2.77. The predicted octanol–water partition coefficient (Wildman–Crippen LogP) is 2.17. The molecule has 2 radical (unpaired) electrons. The van der Waals surface area contributed by atoms with Crippen molar-refractivity contribution in [2.45, 2.75) is 0 Å². The van der Waals surface area contributed by atoms with E-state index in [1.54, 1.807) is 42.6 Å². The van der Waals surface area contributed by atoms with Crippen LogP contribution in [0.1, 0.15) is 5.56 Å². The van der Waals surface area contributed by atoms with Crippen molar-refractivity contribution in [1.82, 2.24) is 10.2 Å². The molecule has 4 nitrogen and oxygen atoms in total. The normalized spacial score (nSPS) is 10.6. The molecule has 0 saturated heterocycles. The van der Waals surface area contributed by atoms with E-state index in [1.165, 1.54) is 0 Å². The van der Waals surface area contributed by atoms with E-state index in [2.05, 4.69) is 28.3 Å². The second-order valence-corrected chi connectivity index (χ2v) is 3.99. The Morgan fingerprint density at radius 1 is 1.20 bits per heavy atom. The van der Waals surface area contributed by atoms with Crippen LogP contribution in [0, 0.1) is 0 Å². The van der Waals surface area contributed by atoms with E-state index < -0.39 is 0 Å². The van der Waals surface area contributed by atoms with Gasteiger partial charge in [-0.2, -0.15) is 10.2 Å². The van der Waals surface area contributed by atoms with Crippen molar-refractivity contribution < 1.29 is 5.11 Å². The van der Waals surface area contributed by atoms with Crippen LogP contribution in [0.2, 0.25) is 0 Å². The third-order valence-electron chi connectivity index (χ3n) is 2.65. The molecule has 1 aromatic carbocycles. The molecule has 0 saturated carbocycles. The predicted molar refractivity (Wildman–Crippen MR) is 83.0 cm³/mol. The highest BCUT2D eigenvalue weighted by atomic mass is 16.3. The Balaban J connectivity index is 2.55. The summed E-state index contributed by atoms with van der Waals surface area (Å²) < 4.78 is 0. The maximum atomic E-state index is 10.1. The van der Waals surface area contributed by atoms with Crippen LogP contribution in [-0.4, -0.2) is 29.4 Å². The molecule has 96 valence electrons. The Kier molecular flexibility index (Phi) is 4.10. The number of hydrogen-bond donors (Lipinski definition) is 1. The molecule has 2 rings (SSSR count). The molecular formula is C15H12BN3O. The first-order valence-electron chi connectivity index (χ1n) is 5.90. The van der Waals surface area contributed by atoms with Crippen LogP contribution in [0.5, 0.6) is 5.75 Å². The van der Waals surface area contributed by atoms with Gasteiger partial charge in [0, 0.05) is 29.0 Å². The fourth-order valence-corrected chi connectivity index (χ4v) is 1.69. The number of hydrogen-bond acceptors (Lipinski definition) is 4. The Hall–Kier alpha value is -2.69. The lowest BCUT2D eigenvalue weighted by atomic mass is 10.0. The van der Waals surface area contributed by atoms with E-state index in [0.29, 0.717) is 22.5 Å². The molecule has 1 heterocycles. The molecule has 0 aliphatic carbocycles. The second kappa shape index (κ2) is 5.97. The topological polar surface area (TPSA) is 58.4 Å². The Labute approximate surface area is 118 Å². The van der Waals surface area contributed by atoms with Crippen molar-refractivity contribution in [2.24, 2.45) is 4.99 Å². The van der Waals surface area contributed by atoms with Crippen LogP contribution in [0.15, 0.2) is 48.5 Å². The molecule has 0 spiro atoms. The molecule has 0 amide bonds. The molecular weight excluding hydrogens is 249 g/mol. The highest BCUT2D eigenvalue weighted by Gasteiger charge is 2.10. The molecule has 5 heteroatoms. The number of aromatic nitrogens is 2. The van der Waals surface area contributed by atoms with Crippen molar-refractivity contribution in [3.63, 3.8) is 0 Å². The van der Waals surface area contributed by atoms with E-state index in [1.807, 2.05) is 0 Å². The number of aromatic hydroxyl groups is 1. The lowest BCUT2D eigenvalue weighted by Gasteiger charge is -2.08. The zero-order chi connectivity index (χ0) is 14.5. The van der Waals surface area contributed by atoms with Crippen LogP contribution in [0.4, 0.5) is 5.69 Å². The molecule has 0 aliphatic heterocycles. The largest absolute Gasteiger partial charge is 0.507 e. The minimum Gasteiger partial charge on any atom is -0.507 e. The summed E-state index contributed by atoms with van der Waals surface area (Å²) in [5, 5.41) is 17.8. The highest BCUT2D eigenvalue weighted by Crippen LogP contribution is 2.34. The number of rotatable bonds is 4. The Morgan fingerprint density at radius 3 is 2.60 bits per heavy atom. The summed E-state index contributed by atoms with van der Waals surface area (Å²) >= 11 is 0. The molecule has 0 unspecified atom stereocenters. The summed E-state index contributed by atoms with van der Waals surface area (Å²) in [6, 6.07) is 6.61. The number of allylic oxidation sites excluding steroid dienone is 1. The van der Waals surface area contributed by atoms with Gasteiger partial charge in [0.2, 0.25) is 0 Å². The monoisotopic (exact) mass is 261 g/mol. The van der Waals surface area contributed by atoms with Gasteiger partial charge in [-0.3, -0.25) is 4.99 Å². The minimum atomic E-state index is 0.0610. The SMILES string of the molecule is [B]c1ccc(-c2cc(C=C)c(N=CC=C)cc2O)nn1. The first-order valence-corrected chi connectivity index (χ1v) is 5.90. The van der Waals surface area contributed by atoms with Gasteiger partial charge < -0.3 is 5.11 Å². The van der Waals surface area contributed by atoms with Crippen LogP contribution in [0.25, 0.3) is 17.3 Å². The van der Waals surface area contributed by atoms with Gasteiger partial charge in [-0.15, -0.1) is 0 Å². The van der Waals surface area contributed by atoms with Crippen molar-refractivity contribution in [2.75, 3.05) is 0 Å². The van der Waals surface area contributed by atoms with Crippen molar-refractivity contribution in [3.8, 4) is 17.0 Å². The molecule has 0 atom stereocenters. The molecule has 1 N–H and O–H groups in total. The quantitative estimate of drug-likeness (QED) is 0.677. The van der Waals surface area contributed by atoms with E-state index >= 15 is 0 Å². The van der Waals surface area contributed by atoms with E-state index in [0.717, 1.165) is 5.56 Å². The summed E-state index contributed by atoms with van der Waals surface area (Å²) in [4.78, 5) is 4.17. The average Bonchev–Trinajstić information content (AvgIpc) is 2.46. The highest BCUT2D eigenvalue weighted by molar-refractivity contribution is 6.30. The number of nitrogens with zero attached hydrogens (tertiary/aromatic N) is 3. The third-order valence-corrected chi connectivity index (χ3v) is 2.65. The fraction of sp³-hybridized carbons (Fsp3) is 0. The van der Waals surface area contributed by atoms with Crippen LogP contribution in [0.3, 0.4) is 0 Å². The van der Waals surface area contributed by atoms with Crippen molar-refractivity contribution >= 4 is 31.4 Å². The lowest BCUT2D eigenvalue weighted by Crippen LogP contribution is -2.09. The maximum absolute atomic E-state index is 10.1. The molecule has 20 heavy (non-hydrogen) atoms. The van der Waals surface area contributed by atoms with Gasteiger partial charge in [-0.05, 0) is 18.2 Å². The van der Waals surface area contributed by atoms with Crippen molar-refractivity contribution in [1.29, 1.82) is 0 Å². The standard InChI is InChI=1S/C15H12BN3O/c1-3-7-17-13-9-14(20)11(8-10(13)4-2)12-5-6-15(16)19-18-12/h3-9,20H,1-2H2. The lowest BCUT2D eigenvalue weighted by molar-refractivity contribution is 0.477. The Bertz CT molecular complexity index is 678. The number of benzene rings is 1. The molecule has 1 aromatic heterocycles. The maximum Gasteiger partial charge on any atom is 0.144 e. The molecule has 2 aromatic rings.